The molecule has 0 radical (unpaired) electrons. The van der Waals surface area contributed by atoms with Gasteiger partial charge in [0.05, 0.1) is 6.20 Å². The quantitative estimate of drug-likeness (QED) is 0.172. The van der Waals surface area contributed by atoms with Gasteiger partial charge >= 0.3 is 12.2 Å². The number of halogens is 4. The molecule has 0 fully saturated rings. The first kappa shape index (κ1) is 29.8. The van der Waals surface area contributed by atoms with Crippen molar-refractivity contribution in [3.63, 3.8) is 0 Å². The normalized spacial score (nSPS) is 13.6. The molecule has 12 heteroatoms. The van der Waals surface area contributed by atoms with Gasteiger partial charge in [0.1, 0.15) is 5.02 Å². The number of amides is 2. The van der Waals surface area contributed by atoms with Crippen molar-refractivity contribution in [2.45, 2.75) is 44.7 Å². The number of nitrogens with one attached hydrogen (secondary N) is 4. The van der Waals surface area contributed by atoms with E-state index in [1.54, 1.807) is 6.20 Å². The first-order valence-electron chi connectivity index (χ1n) is 13.7. The minimum Gasteiger partial charge on any atom is -0.339 e. The van der Waals surface area contributed by atoms with Crippen molar-refractivity contribution in [2.24, 2.45) is 0 Å². The lowest BCUT2D eigenvalue weighted by Gasteiger charge is -2.20. The summed E-state index contributed by atoms with van der Waals surface area (Å²) in [6.07, 6.45) is 1.85. The number of benzene rings is 3. The predicted octanol–water partition coefficient (Wildman–Crippen LogP) is 7.99. The van der Waals surface area contributed by atoms with E-state index in [0.717, 1.165) is 60.4 Å². The zero-order valence-corrected chi connectivity index (χ0v) is 23.6. The highest BCUT2D eigenvalue weighted by Crippen LogP contribution is 2.31. The molecule has 3 aromatic carbocycles. The molecule has 0 saturated heterocycles. The fourth-order valence-electron chi connectivity index (χ4n) is 5.04. The molecule has 0 atom stereocenters. The van der Waals surface area contributed by atoms with E-state index in [2.05, 4.69) is 49.4 Å². The van der Waals surface area contributed by atoms with E-state index in [0.29, 0.717) is 16.8 Å². The van der Waals surface area contributed by atoms with Crippen LogP contribution in [0, 0.1) is 0 Å². The van der Waals surface area contributed by atoms with Crippen molar-refractivity contribution in [1.29, 1.82) is 0 Å². The van der Waals surface area contributed by atoms with Crippen LogP contribution in [0.1, 0.15) is 35.1 Å². The van der Waals surface area contributed by atoms with Crippen molar-refractivity contribution < 1.29 is 22.8 Å². The average Bonchev–Trinajstić information content (AvgIpc) is 2.99. The van der Waals surface area contributed by atoms with Gasteiger partial charge in [-0.3, -0.25) is 4.79 Å². The second kappa shape index (κ2) is 13.1. The van der Waals surface area contributed by atoms with Gasteiger partial charge in [0.2, 0.25) is 12.2 Å². The highest BCUT2D eigenvalue weighted by Gasteiger charge is 2.25. The van der Waals surface area contributed by atoms with Gasteiger partial charge in [-0.2, -0.15) is 18.2 Å². The fourth-order valence-corrected chi connectivity index (χ4v) is 5.18. The van der Waals surface area contributed by atoms with Crippen LogP contribution < -0.4 is 21.3 Å². The molecule has 0 saturated carbocycles. The third-order valence-electron chi connectivity index (χ3n) is 7.00. The molecule has 1 aromatic heterocycles. The smallest absolute Gasteiger partial charge is 0.339 e. The van der Waals surface area contributed by atoms with Crippen molar-refractivity contribution in [3.05, 3.63) is 94.1 Å². The number of aldehydes is 1. The van der Waals surface area contributed by atoms with Gasteiger partial charge in [0.15, 0.2) is 5.82 Å². The second-order valence-corrected chi connectivity index (χ2v) is 10.5. The Balaban J connectivity index is 0.000000559. The maximum Gasteiger partial charge on any atom is 0.446 e. The number of alkyl halides is 3. The monoisotopic (exact) mass is 608 g/mol. The van der Waals surface area contributed by atoms with Crippen molar-refractivity contribution in [3.8, 4) is 0 Å². The van der Waals surface area contributed by atoms with Crippen LogP contribution in [-0.4, -0.2) is 28.5 Å². The molecule has 4 N–H and O–H groups in total. The Morgan fingerprint density at radius 1 is 0.860 bits per heavy atom. The summed E-state index contributed by atoms with van der Waals surface area (Å²) in [4.78, 5) is 30.6. The lowest BCUT2D eigenvalue weighted by Crippen LogP contribution is -2.22. The van der Waals surface area contributed by atoms with Crippen molar-refractivity contribution in [1.82, 2.24) is 9.97 Å². The van der Waals surface area contributed by atoms with Crippen molar-refractivity contribution >= 4 is 58.4 Å². The van der Waals surface area contributed by atoms with Crippen LogP contribution in [0.25, 0.3) is 0 Å². The van der Waals surface area contributed by atoms with Gasteiger partial charge in [-0.05, 0) is 97.2 Å². The molecule has 0 spiro atoms. The molecule has 0 unspecified atom stereocenters. The summed E-state index contributed by atoms with van der Waals surface area (Å²) in [5.74, 6) is 0.967. The number of nitrogens with zero attached hydrogens (tertiary/aromatic N) is 2. The maximum absolute atomic E-state index is 13.1. The minimum atomic E-state index is -4.64. The van der Waals surface area contributed by atoms with E-state index in [4.69, 9.17) is 16.4 Å². The number of rotatable bonds is 2. The van der Waals surface area contributed by atoms with Crippen LogP contribution in [0.15, 0.2) is 66.9 Å². The highest BCUT2D eigenvalue weighted by atomic mass is 35.5. The van der Waals surface area contributed by atoms with Gasteiger partial charge in [0, 0.05) is 22.7 Å². The topological polar surface area (TPSA) is 108 Å². The van der Waals surface area contributed by atoms with Crippen LogP contribution in [0.3, 0.4) is 0 Å². The predicted molar refractivity (Wildman–Crippen MR) is 162 cm³/mol. The first-order valence-corrected chi connectivity index (χ1v) is 14.0. The third-order valence-corrected chi connectivity index (χ3v) is 7.28. The number of carbonyl (C=O) groups excluding carboxylic acids is 2. The number of aromatic nitrogens is 2. The number of aryl methyl sites for hydroxylation is 3. The molecule has 1 aliphatic heterocycles. The fraction of sp³-hybridized carbons (Fsp3) is 0.226. The van der Waals surface area contributed by atoms with E-state index in [1.165, 1.54) is 23.1 Å². The molecule has 2 aliphatic rings. The van der Waals surface area contributed by atoms with Crippen LogP contribution in [0.2, 0.25) is 5.02 Å². The Bertz CT molecular complexity index is 1650. The molecule has 222 valence electrons. The number of fused-ring (bicyclic) bond motifs is 7. The molecule has 1 aliphatic carbocycles. The molecule has 6 rings (SSSR count). The van der Waals surface area contributed by atoms with Gasteiger partial charge < -0.3 is 21.3 Å². The minimum absolute atomic E-state index is 0.242. The Labute approximate surface area is 251 Å². The average molecular weight is 609 g/mol. The van der Waals surface area contributed by atoms with Crippen molar-refractivity contribution in [2.75, 3.05) is 21.3 Å². The second-order valence-electron chi connectivity index (χ2n) is 10.1. The number of urea groups is 1. The summed E-state index contributed by atoms with van der Waals surface area (Å²) in [5, 5.41) is 13.1. The molecular formula is C31H28ClF3N6O2. The van der Waals surface area contributed by atoms with Crippen LogP contribution in [0.5, 0.6) is 0 Å². The number of carbonyl (C=O) groups is 2. The molecule has 43 heavy (non-hydrogen) atoms. The molecule has 8 nitrogen and oxygen atoms in total. The summed E-state index contributed by atoms with van der Waals surface area (Å²) in [5.41, 5.74) is 8.17. The van der Waals surface area contributed by atoms with Crippen LogP contribution >= 0.6 is 11.6 Å². The molecule has 6 bridgehead atoms. The first-order chi connectivity index (χ1) is 20.7. The standard InChI is InChI=1S/C29H27ClN6O.C2HF3O/c30-24-17-31-28-33-21-8-3-5-18(15-21)11-12-20-16-22(32-27(24)36-28)13-14-25(20)34-29(37)35-26-10-4-7-19-6-1-2-9-23(19)26;3-2(4,5)1-6/h3-5,7-8,10,13-17H,1-2,6,9,11-12H2,(H2,34,35,37)(H2,31,32,33,36);1H. The van der Waals surface area contributed by atoms with E-state index >= 15 is 0 Å². The molecule has 4 aromatic rings. The van der Waals surface area contributed by atoms with Gasteiger partial charge in [-0.25, -0.2) is 9.78 Å². The zero-order valence-electron chi connectivity index (χ0n) is 22.9. The van der Waals surface area contributed by atoms with Gasteiger partial charge in [0.25, 0.3) is 0 Å². The zero-order chi connectivity index (χ0) is 30.4. The summed E-state index contributed by atoms with van der Waals surface area (Å²) >= 11 is 6.38. The third kappa shape index (κ3) is 8.01. The number of hydrogen-bond acceptors (Lipinski definition) is 6. The summed E-state index contributed by atoms with van der Waals surface area (Å²) in [7, 11) is 0. The summed E-state index contributed by atoms with van der Waals surface area (Å²) in [6, 6.07) is 20.0. The van der Waals surface area contributed by atoms with Crippen LogP contribution in [0.4, 0.5) is 52.5 Å². The van der Waals surface area contributed by atoms with Gasteiger partial charge in [-0.15, -0.1) is 0 Å². The molecule has 2 heterocycles. The number of hydrogen-bond donors (Lipinski definition) is 4. The summed E-state index contributed by atoms with van der Waals surface area (Å²) < 4.78 is 31.2. The molecule has 2 amide bonds. The SMILES string of the molecule is O=C(Nc1ccc2cc1CCc1cccc(c1)Nc1ncc(Cl)c(n1)N2)Nc1cccc2c1CCCC2.O=CC(F)(F)F. The van der Waals surface area contributed by atoms with E-state index in [-0.39, 0.29) is 6.03 Å². The lowest BCUT2D eigenvalue weighted by molar-refractivity contribution is -0.156. The van der Waals surface area contributed by atoms with Gasteiger partial charge in [-0.1, -0.05) is 35.9 Å². The Morgan fingerprint density at radius 3 is 2.42 bits per heavy atom. The lowest BCUT2D eigenvalue weighted by atomic mass is 9.90. The van der Waals surface area contributed by atoms with E-state index < -0.39 is 12.5 Å². The largest absolute Gasteiger partial charge is 0.446 e. The highest BCUT2D eigenvalue weighted by molar-refractivity contribution is 6.32. The Hall–Kier alpha value is -4.64. The van der Waals surface area contributed by atoms with E-state index in [9.17, 15) is 18.0 Å². The van der Waals surface area contributed by atoms with E-state index in [1.807, 2.05) is 42.5 Å². The number of anilines is 6. The Morgan fingerprint density at radius 2 is 1.60 bits per heavy atom. The summed E-state index contributed by atoms with van der Waals surface area (Å²) in [6.45, 7) is 0. The molecular weight excluding hydrogens is 581 g/mol. The Kier molecular flexibility index (Phi) is 9.10. The van der Waals surface area contributed by atoms with Crippen LogP contribution in [-0.2, 0) is 30.5 Å². The maximum atomic E-state index is 13.1.